The summed E-state index contributed by atoms with van der Waals surface area (Å²) < 4.78 is 44.4. The first-order valence-corrected chi connectivity index (χ1v) is 7.68. The number of alkyl halides is 3. The Morgan fingerprint density at radius 3 is 2.54 bits per heavy atom. The lowest BCUT2D eigenvalue weighted by Crippen LogP contribution is -2.32. The first-order valence-electron chi connectivity index (χ1n) is 7.68. The monoisotopic (exact) mass is 369 g/mol. The molecule has 0 aliphatic rings. The lowest BCUT2D eigenvalue weighted by Gasteiger charge is -2.19. The number of carbonyl (C=O) groups excluding carboxylic acids is 2. The molecule has 26 heavy (non-hydrogen) atoms. The first kappa shape index (κ1) is 19.5. The van der Waals surface area contributed by atoms with E-state index < -0.39 is 23.6 Å². The molecule has 1 aromatic heterocycles. The van der Waals surface area contributed by atoms with Gasteiger partial charge >= 0.3 is 12.3 Å². The van der Waals surface area contributed by atoms with E-state index in [9.17, 15) is 22.8 Å². The number of benzene rings is 1. The maximum atomic E-state index is 12.8. The molecule has 6 nitrogen and oxygen atoms in total. The van der Waals surface area contributed by atoms with Crippen LogP contribution in [0.4, 0.5) is 18.0 Å². The van der Waals surface area contributed by atoms with Crippen molar-refractivity contribution < 1.29 is 27.5 Å². The zero-order valence-electron chi connectivity index (χ0n) is 14.4. The number of aromatic nitrogens is 2. The van der Waals surface area contributed by atoms with Crippen molar-refractivity contribution in [3.8, 4) is 5.69 Å². The third kappa shape index (κ3) is 5.08. The summed E-state index contributed by atoms with van der Waals surface area (Å²) in [6.07, 6.45) is -4.97. The van der Waals surface area contributed by atoms with Crippen LogP contribution in [0, 0.1) is 0 Å². The van der Waals surface area contributed by atoms with Crippen LogP contribution in [0.1, 0.15) is 42.5 Å². The van der Waals surface area contributed by atoms with Gasteiger partial charge in [0.1, 0.15) is 11.3 Å². The number of nitrogens with zero attached hydrogens (tertiary/aromatic N) is 2. The Hall–Kier alpha value is -2.84. The molecular formula is C17H18F3N3O3. The zero-order chi connectivity index (χ0) is 19.5. The van der Waals surface area contributed by atoms with Crippen LogP contribution in [-0.4, -0.2) is 27.8 Å². The van der Waals surface area contributed by atoms with E-state index in [0.29, 0.717) is 17.9 Å². The average molecular weight is 369 g/mol. The van der Waals surface area contributed by atoms with E-state index in [0.717, 1.165) is 4.68 Å². The Labute approximate surface area is 147 Å². The van der Waals surface area contributed by atoms with Crippen LogP contribution in [0.5, 0.6) is 0 Å². The fraction of sp³-hybridized carbons (Fsp3) is 0.353. The minimum absolute atomic E-state index is 0.104. The molecule has 140 valence electrons. The summed E-state index contributed by atoms with van der Waals surface area (Å²) in [7, 11) is 0. The van der Waals surface area contributed by atoms with Crippen LogP contribution in [-0.2, 0) is 17.5 Å². The van der Waals surface area contributed by atoms with Gasteiger partial charge in [-0.1, -0.05) is 12.1 Å². The summed E-state index contributed by atoms with van der Waals surface area (Å²) in [6, 6.07) is 6.98. The van der Waals surface area contributed by atoms with Crippen molar-refractivity contribution in [2.24, 2.45) is 0 Å². The molecule has 0 aliphatic carbocycles. The van der Waals surface area contributed by atoms with Crippen molar-refractivity contribution >= 4 is 12.4 Å². The lowest BCUT2D eigenvalue weighted by molar-refractivity contribution is -0.141. The maximum absolute atomic E-state index is 12.8. The Morgan fingerprint density at radius 2 is 1.96 bits per heavy atom. The fourth-order valence-electron chi connectivity index (χ4n) is 2.11. The van der Waals surface area contributed by atoms with Gasteiger partial charge in [-0.2, -0.15) is 18.3 Å². The summed E-state index contributed by atoms with van der Waals surface area (Å²) >= 11 is 0. The molecule has 0 aliphatic heterocycles. The Bertz CT molecular complexity index is 808. The number of hydrogen-bond acceptors (Lipinski definition) is 4. The van der Waals surface area contributed by atoms with Gasteiger partial charge in [-0.05, 0) is 44.5 Å². The summed E-state index contributed by atoms with van der Waals surface area (Å²) in [5.74, 6) is 0. The number of hydrogen-bond donors (Lipinski definition) is 1. The number of carbonyl (C=O) groups is 2. The highest BCUT2D eigenvalue weighted by Gasteiger charge is 2.35. The Kier molecular flexibility index (Phi) is 5.38. The fourth-order valence-corrected chi connectivity index (χ4v) is 2.11. The standard InChI is InChI=1S/C17H18F3N3O3/c1-16(2,3)26-15(25)21-9-11-5-4-6-12(7-11)23-13(10-24)8-14(22-23)17(18,19)20/h4-8,10H,9H2,1-3H3,(H,21,25). The quantitative estimate of drug-likeness (QED) is 0.834. The van der Waals surface area contributed by atoms with E-state index >= 15 is 0 Å². The van der Waals surface area contributed by atoms with E-state index in [1.807, 2.05) is 0 Å². The molecule has 0 saturated heterocycles. The average Bonchev–Trinajstić information content (AvgIpc) is 2.96. The van der Waals surface area contributed by atoms with E-state index in [2.05, 4.69) is 10.4 Å². The Balaban J connectivity index is 2.20. The van der Waals surface area contributed by atoms with Gasteiger partial charge in [-0.25, -0.2) is 9.48 Å². The van der Waals surface area contributed by atoms with Crippen LogP contribution in [0.2, 0.25) is 0 Å². The van der Waals surface area contributed by atoms with Crippen molar-refractivity contribution in [2.45, 2.75) is 39.1 Å². The van der Waals surface area contributed by atoms with Gasteiger partial charge in [0.25, 0.3) is 0 Å². The van der Waals surface area contributed by atoms with Crippen molar-refractivity contribution in [3.05, 3.63) is 47.3 Å². The topological polar surface area (TPSA) is 73.2 Å². The number of halogens is 3. The van der Waals surface area contributed by atoms with E-state index in [1.165, 1.54) is 12.1 Å². The van der Waals surface area contributed by atoms with E-state index in [1.54, 1.807) is 32.9 Å². The molecule has 1 aromatic carbocycles. The Morgan fingerprint density at radius 1 is 1.27 bits per heavy atom. The predicted octanol–water partition coefficient (Wildman–Crippen LogP) is 3.73. The summed E-state index contributed by atoms with van der Waals surface area (Å²) in [6.45, 7) is 5.28. The van der Waals surface area contributed by atoms with Gasteiger partial charge in [0, 0.05) is 6.54 Å². The largest absolute Gasteiger partial charge is 0.444 e. The molecule has 0 fully saturated rings. The number of aldehydes is 1. The molecule has 1 heterocycles. The second kappa shape index (κ2) is 7.19. The highest BCUT2D eigenvalue weighted by atomic mass is 19.4. The second-order valence-corrected chi connectivity index (χ2v) is 6.51. The maximum Gasteiger partial charge on any atom is 0.435 e. The van der Waals surface area contributed by atoms with Crippen molar-refractivity contribution in [1.29, 1.82) is 0 Å². The molecular weight excluding hydrogens is 351 g/mol. The minimum Gasteiger partial charge on any atom is -0.444 e. The second-order valence-electron chi connectivity index (χ2n) is 6.51. The molecule has 2 rings (SSSR count). The molecule has 1 N–H and O–H groups in total. The van der Waals surface area contributed by atoms with Crippen LogP contribution < -0.4 is 5.32 Å². The molecule has 9 heteroatoms. The zero-order valence-corrected chi connectivity index (χ0v) is 14.4. The van der Waals surface area contributed by atoms with Crippen LogP contribution >= 0.6 is 0 Å². The summed E-state index contributed by atoms with van der Waals surface area (Å²) in [4.78, 5) is 22.8. The minimum atomic E-state index is -4.65. The molecule has 0 spiro atoms. The third-order valence-corrected chi connectivity index (χ3v) is 3.14. The van der Waals surface area contributed by atoms with Gasteiger partial charge in [-0.3, -0.25) is 4.79 Å². The number of rotatable bonds is 4. The summed E-state index contributed by atoms with van der Waals surface area (Å²) in [5, 5.41) is 6.01. The molecule has 0 unspecified atom stereocenters. The normalized spacial score (nSPS) is 11.9. The molecule has 2 aromatic rings. The molecule has 0 radical (unpaired) electrons. The summed E-state index contributed by atoms with van der Waals surface area (Å²) in [5.41, 5.74) is -1.15. The molecule has 1 amide bonds. The smallest absolute Gasteiger partial charge is 0.435 e. The van der Waals surface area contributed by atoms with Crippen LogP contribution in [0.15, 0.2) is 30.3 Å². The molecule has 0 saturated carbocycles. The molecule has 0 bridgehead atoms. The third-order valence-electron chi connectivity index (χ3n) is 3.14. The molecule has 0 atom stereocenters. The van der Waals surface area contributed by atoms with Gasteiger partial charge in [0.05, 0.1) is 5.69 Å². The predicted molar refractivity (Wildman–Crippen MR) is 87.0 cm³/mol. The number of amides is 1. The van der Waals surface area contributed by atoms with E-state index in [4.69, 9.17) is 4.74 Å². The van der Waals surface area contributed by atoms with Crippen molar-refractivity contribution in [2.75, 3.05) is 0 Å². The number of alkyl carbamates (subject to hydrolysis) is 1. The number of nitrogens with one attached hydrogen (secondary N) is 1. The van der Waals surface area contributed by atoms with Gasteiger partial charge < -0.3 is 10.1 Å². The van der Waals surface area contributed by atoms with Crippen LogP contribution in [0.3, 0.4) is 0 Å². The van der Waals surface area contributed by atoms with Gasteiger partial charge in [-0.15, -0.1) is 0 Å². The van der Waals surface area contributed by atoms with Crippen LogP contribution in [0.25, 0.3) is 5.69 Å². The lowest BCUT2D eigenvalue weighted by atomic mass is 10.2. The van der Waals surface area contributed by atoms with Crippen molar-refractivity contribution in [3.63, 3.8) is 0 Å². The van der Waals surface area contributed by atoms with Crippen molar-refractivity contribution in [1.82, 2.24) is 15.1 Å². The SMILES string of the molecule is CC(C)(C)OC(=O)NCc1cccc(-n2nc(C(F)(F)F)cc2C=O)c1. The highest BCUT2D eigenvalue weighted by molar-refractivity contribution is 5.73. The number of ether oxygens (including phenoxy) is 1. The first-order chi connectivity index (χ1) is 12.0. The van der Waals surface area contributed by atoms with Gasteiger partial charge in [0.15, 0.2) is 12.0 Å². The van der Waals surface area contributed by atoms with E-state index in [-0.39, 0.29) is 17.9 Å². The van der Waals surface area contributed by atoms with Gasteiger partial charge in [0.2, 0.25) is 0 Å². The highest BCUT2D eigenvalue weighted by Crippen LogP contribution is 2.29.